The van der Waals surface area contributed by atoms with Crippen molar-refractivity contribution in [1.29, 1.82) is 0 Å². The van der Waals surface area contributed by atoms with E-state index in [1.807, 2.05) is 0 Å². The maximum absolute atomic E-state index is 13.4. The number of benzene rings is 1. The molecule has 0 saturated heterocycles. The Morgan fingerprint density at radius 1 is 1.21 bits per heavy atom. The molecule has 1 aromatic carbocycles. The maximum atomic E-state index is 13.4. The summed E-state index contributed by atoms with van der Waals surface area (Å²) in [6.07, 6.45) is -2.90. The van der Waals surface area contributed by atoms with Crippen LogP contribution in [0.15, 0.2) is 48.8 Å². The van der Waals surface area contributed by atoms with E-state index in [9.17, 15) is 27.5 Å². The molecule has 3 aromatic heterocycles. The van der Waals surface area contributed by atoms with Gasteiger partial charge in [0.2, 0.25) is 5.60 Å². The average Bonchev–Trinajstić information content (AvgIpc) is 3.36. The van der Waals surface area contributed by atoms with Crippen LogP contribution >= 0.6 is 11.6 Å². The zero-order chi connectivity index (χ0) is 24.8. The van der Waals surface area contributed by atoms with Crippen molar-refractivity contribution in [2.75, 3.05) is 0 Å². The fourth-order valence-electron chi connectivity index (χ4n) is 3.75. The van der Waals surface area contributed by atoms with Gasteiger partial charge in [0.05, 0.1) is 34.5 Å². The van der Waals surface area contributed by atoms with E-state index in [1.54, 1.807) is 22.7 Å². The smallest absolute Gasteiger partial charge is 0.375 e. The van der Waals surface area contributed by atoms with Crippen molar-refractivity contribution >= 4 is 23.0 Å². The van der Waals surface area contributed by atoms with Gasteiger partial charge in [0, 0.05) is 6.20 Å². The molecule has 12 heteroatoms. The third-order valence-electron chi connectivity index (χ3n) is 5.59. The van der Waals surface area contributed by atoms with Gasteiger partial charge in [-0.25, -0.2) is 9.07 Å². The molecule has 0 bridgehead atoms. The fraction of sp³-hybridized carbons (Fsp3) is 0.227. The molecule has 178 valence electrons. The van der Waals surface area contributed by atoms with Gasteiger partial charge in [0.15, 0.2) is 0 Å². The number of hydrogen-bond acceptors (Lipinski definition) is 4. The molecule has 0 aliphatic carbocycles. The van der Waals surface area contributed by atoms with Gasteiger partial charge in [-0.1, -0.05) is 23.7 Å². The number of fused-ring (bicyclic) bond motifs is 1. The Balaban J connectivity index is 1.75. The Morgan fingerprint density at radius 2 is 1.88 bits per heavy atom. The summed E-state index contributed by atoms with van der Waals surface area (Å²) in [5, 5.41) is 17.4. The number of carbonyl (C=O) groups excluding carboxylic acids is 1. The standard InChI is InChI=1S/C22H18ClF4N5O2/c1-2-21(34,22(25,26)27)16-11-31(30-29-16)10-12-7-8-32-15(9-12)18(23)17(20(28)33)19(32)13-3-5-14(24)6-4-13/h3-9,11,34H,2,10H2,1H3,(H2,28,33). The van der Waals surface area contributed by atoms with Crippen molar-refractivity contribution in [3.05, 3.63) is 76.5 Å². The third-order valence-corrected chi connectivity index (χ3v) is 5.98. The second-order valence-electron chi connectivity index (χ2n) is 7.71. The Hall–Kier alpha value is -3.44. The average molecular weight is 496 g/mol. The van der Waals surface area contributed by atoms with Crippen LogP contribution in [0, 0.1) is 5.82 Å². The van der Waals surface area contributed by atoms with E-state index in [1.165, 1.54) is 31.2 Å². The van der Waals surface area contributed by atoms with E-state index in [2.05, 4.69) is 10.3 Å². The number of pyridine rings is 1. The van der Waals surface area contributed by atoms with E-state index in [0.29, 0.717) is 22.3 Å². The minimum atomic E-state index is -4.91. The Kier molecular flexibility index (Phi) is 5.86. The lowest BCUT2D eigenvalue weighted by atomic mass is 9.96. The van der Waals surface area contributed by atoms with Gasteiger partial charge in [0.25, 0.3) is 5.91 Å². The van der Waals surface area contributed by atoms with Crippen LogP contribution < -0.4 is 5.73 Å². The number of alkyl halides is 3. The molecular weight excluding hydrogens is 478 g/mol. The maximum Gasteiger partial charge on any atom is 0.423 e. The van der Waals surface area contributed by atoms with Gasteiger partial charge in [0.1, 0.15) is 11.5 Å². The van der Waals surface area contributed by atoms with E-state index in [4.69, 9.17) is 17.3 Å². The van der Waals surface area contributed by atoms with E-state index in [-0.39, 0.29) is 17.1 Å². The number of rotatable bonds is 6. The first-order valence-corrected chi connectivity index (χ1v) is 10.4. The number of nitrogens with two attached hydrogens (primary N) is 1. The molecule has 4 aromatic rings. The zero-order valence-electron chi connectivity index (χ0n) is 17.6. The topological polar surface area (TPSA) is 98.4 Å². The quantitative estimate of drug-likeness (QED) is 0.390. The number of aliphatic hydroxyl groups is 1. The Morgan fingerprint density at radius 3 is 2.47 bits per heavy atom. The molecule has 0 fully saturated rings. The van der Waals surface area contributed by atoms with Crippen LogP contribution in [0.4, 0.5) is 17.6 Å². The minimum Gasteiger partial charge on any atom is -0.375 e. The van der Waals surface area contributed by atoms with Crippen molar-refractivity contribution in [2.45, 2.75) is 31.7 Å². The highest BCUT2D eigenvalue weighted by molar-refractivity contribution is 6.38. The van der Waals surface area contributed by atoms with Crippen LogP contribution in [0.5, 0.6) is 0 Å². The number of primary amides is 1. The summed E-state index contributed by atoms with van der Waals surface area (Å²) in [6, 6.07) is 8.72. The van der Waals surface area contributed by atoms with Crippen molar-refractivity contribution in [2.24, 2.45) is 5.73 Å². The van der Waals surface area contributed by atoms with Crippen LogP contribution in [0.3, 0.4) is 0 Å². The molecule has 0 saturated carbocycles. The summed E-state index contributed by atoms with van der Waals surface area (Å²) in [7, 11) is 0. The van der Waals surface area contributed by atoms with Crippen LogP contribution in [0.2, 0.25) is 5.02 Å². The van der Waals surface area contributed by atoms with Crippen molar-refractivity contribution in [3.63, 3.8) is 0 Å². The molecular formula is C22H18ClF4N5O2. The van der Waals surface area contributed by atoms with Crippen LogP contribution in [-0.4, -0.2) is 36.6 Å². The number of carbonyl (C=O) groups is 1. The second-order valence-corrected chi connectivity index (χ2v) is 8.09. The monoisotopic (exact) mass is 495 g/mol. The summed E-state index contributed by atoms with van der Waals surface area (Å²) < 4.78 is 56.1. The number of halogens is 5. The molecule has 34 heavy (non-hydrogen) atoms. The van der Waals surface area contributed by atoms with Crippen LogP contribution in [0.25, 0.3) is 16.8 Å². The largest absolute Gasteiger partial charge is 0.423 e. The predicted molar refractivity (Wildman–Crippen MR) is 116 cm³/mol. The molecule has 0 spiro atoms. The Labute approximate surface area is 195 Å². The highest BCUT2D eigenvalue weighted by atomic mass is 35.5. The number of hydrogen-bond donors (Lipinski definition) is 2. The molecule has 0 aliphatic rings. The first-order chi connectivity index (χ1) is 16.0. The third kappa shape index (κ3) is 3.90. The van der Waals surface area contributed by atoms with Crippen molar-refractivity contribution in [1.82, 2.24) is 19.4 Å². The normalized spacial score (nSPS) is 13.9. The molecule has 7 nitrogen and oxygen atoms in total. The van der Waals surface area contributed by atoms with Crippen molar-refractivity contribution in [3.8, 4) is 11.3 Å². The Bertz CT molecular complexity index is 1380. The lowest BCUT2D eigenvalue weighted by molar-refractivity contribution is -0.269. The van der Waals surface area contributed by atoms with E-state index in [0.717, 1.165) is 10.9 Å². The lowest BCUT2D eigenvalue weighted by Gasteiger charge is -2.26. The highest BCUT2D eigenvalue weighted by Gasteiger charge is 2.55. The first kappa shape index (κ1) is 23.7. The SMILES string of the molecule is CCC(O)(c1cn(Cc2ccn3c(-c4ccc(F)cc4)c(C(N)=O)c(Cl)c3c2)nn1)C(F)(F)F. The summed E-state index contributed by atoms with van der Waals surface area (Å²) >= 11 is 6.46. The van der Waals surface area contributed by atoms with Gasteiger partial charge in [-0.2, -0.15) is 13.2 Å². The summed E-state index contributed by atoms with van der Waals surface area (Å²) in [5.74, 6) is -1.23. The van der Waals surface area contributed by atoms with Gasteiger partial charge >= 0.3 is 6.18 Å². The van der Waals surface area contributed by atoms with Gasteiger partial charge in [-0.3, -0.25) is 4.79 Å². The number of nitrogens with zero attached hydrogens (tertiary/aromatic N) is 4. The molecule has 1 unspecified atom stereocenters. The summed E-state index contributed by atoms with van der Waals surface area (Å²) in [4.78, 5) is 12.1. The molecule has 0 radical (unpaired) electrons. The van der Waals surface area contributed by atoms with Gasteiger partial charge in [-0.15, -0.1) is 5.10 Å². The second kappa shape index (κ2) is 8.41. The molecule has 1 atom stereocenters. The molecule has 0 aliphatic heterocycles. The molecule has 3 heterocycles. The van der Waals surface area contributed by atoms with Crippen LogP contribution in [0.1, 0.15) is 35.0 Å². The lowest BCUT2D eigenvalue weighted by Crippen LogP contribution is -2.42. The molecule has 3 N–H and O–H groups in total. The summed E-state index contributed by atoms with van der Waals surface area (Å²) in [6.45, 7) is 1.21. The number of amides is 1. The molecule has 4 rings (SSSR count). The van der Waals surface area contributed by atoms with Crippen LogP contribution in [-0.2, 0) is 12.1 Å². The number of aromatic nitrogens is 4. The van der Waals surface area contributed by atoms with Crippen molar-refractivity contribution < 1.29 is 27.5 Å². The summed E-state index contributed by atoms with van der Waals surface area (Å²) in [5.41, 5.74) is 3.75. The van der Waals surface area contributed by atoms with Gasteiger partial charge < -0.3 is 15.2 Å². The highest BCUT2D eigenvalue weighted by Crippen LogP contribution is 2.40. The minimum absolute atomic E-state index is 0.0143. The molecule has 1 amide bonds. The van der Waals surface area contributed by atoms with Gasteiger partial charge in [-0.05, 0) is 53.9 Å². The zero-order valence-corrected chi connectivity index (χ0v) is 18.4. The predicted octanol–water partition coefficient (Wildman–Crippen LogP) is 4.30. The fourth-order valence-corrected chi connectivity index (χ4v) is 4.08. The van der Waals surface area contributed by atoms with E-state index < -0.39 is 35.6 Å². The first-order valence-electron chi connectivity index (χ1n) is 10.0. The van der Waals surface area contributed by atoms with E-state index >= 15 is 0 Å².